The molecule has 0 bridgehead atoms. The second kappa shape index (κ2) is 6.87. The molecule has 0 aliphatic rings. The first kappa shape index (κ1) is 15.0. The molecule has 0 atom stereocenters. The first-order chi connectivity index (χ1) is 11.2. The van der Waals surface area contributed by atoms with Crippen LogP contribution in [0, 0.1) is 5.82 Å². The predicted octanol–water partition coefficient (Wildman–Crippen LogP) is 3.19. The lowest BCUT2D eigenvalue weighted by Crippen LogP contribution is -2.26. The normalized spacial score (nSPS) is 10.5. The quantitative estimate of drug-likeness (QED) is 0.760. The molecule has 3 rings (SSSR count). The number of rotatable bonds is 5. The zero-order valence-electron chi connectivity index (χ0n) is 12.4. The minimum absolute atomic E-state index is 0.154. The summed E-state index contributed by atoms with van der Waals surface area (Å²) in [5.41, 5.74) is 2.31. The van der Waals surface area contributed by atoms with Gasteiger partial charge in [-0.1, -0.05) is 30.3 Å². The lowest BCUT2D eigenvalue weighted by atomic mass is 10.1. The van der Waals surface area contributed by atoms with Crippen LogP contribution in [0.4, 0.5) is 4.39 Å². The van der Waals surface area contributed by atoms with Crippen molar-refractivity contribution < 1.29 is 9.18 Å². The van der Waals surface area contributed by atoms with Crippen LogP contribution in [0.3, 0.4) is 0 Å². The van der Waals surface area contributed by atoms with Crippen molar-refractivity contribution in [2.45, 2.75) is 6.42 Å². The van der Waals surface area contributed by atoms with Gasteiger partial charge in [0.25, 0.3) is 5.91 Å². The van der Waals surface area contributed by atoms with Gasteiger partial charge < -0.3 is 10.3 Å². The Labute approximate surface area is 133 Å². The van der Waals surface area contributed by atoms with Gasteiger partial charge in [-0.3, -0.25) is 4.79 Å². The van der Waals surface area contributed by atoms with E-state index < -0.39 is 0 Å². The molecule has 1 amide bonds. The van der Waals surface area contributed by atoms with Gasteiger partial charge in [-0.05, 0) is 30.2 Å². The van der Waals surface area contributed by atoms with E-state index in [4.69, 9.17) is 0 Å². The number of hydrogen-bond donors (Lipinski definition) is 2. The number of imidazole rings is 1. The molecule has 0 saturated carbocycles. The van der Waals surface area contributed by atoms with Crippen LogP contribution in [-0.2, 0) is 6.42 Å². The van der Waals surface area contributed by atoms with Gasteiger partial charge >= 0.3 is 0 Å². The van der Waals surface area contributed by atoms with Crippen LogP contribution in [0.5, 0.6) is 0 Å². The Bertz CT molecular complexity index is 782. The van der Waals surface area contributed by atoms with Crippen LogP contribution in [0.15, 0.2) is 60.9 Å². The van der Waals surface area contributed by atoms with Crippen molar-refractivity contribution in [1.82, 2.24) is 15.3 Å². The maximum absolute atomic E-state index is 12.9. The molecular weight excluding hydrogens is 293 g/mol. The molecule has 1 aromatic heterocycles. The molecule has 2 aromatic carbocycles. The molecule has 0 aliphatic heterocycles. The van der Waals surface area contributed by atoms with Crippen LogP contribution in [0.1, 0.15) is 15.9 Å². The van der Waals surface area contributed by atoms with Crippen molar-refractivity contribution in [2.75, 3.05) is 6.54 Å². The van der Waals surface area contributed by atoms with E-state index in [-0.39, 0.29) is 11.7 Å². The van der Waals surface area contributed by atoms with Crippen molar-refractivity contribution in [2.24, 2.45) is 0 Å². The van der Waals surface area contributed by atoms with E-state index in [2.05, 4.69) is 15.3 Å². The summed E-state index contributed by atoms with van der Waals surface area (Å²) in [7, 11) is 0. The maximum atomic E-state index is 12.9. The first-order valence-electron chi connectivity index (χ1n) is 7.35. The Morgan fingerprint density at radius 1 is 1.13 bits per heavy atom. The van der Waals surface area contributed by atoms with Crippen LogP contribution in [0.2, 0.25) is 0 Å². The van der Waals surface area contributed by atoms with Crippen molar-refractivity contribution in [3.63, 3.8) is 0 Å². The number of nitrogens with zero attached hydrogens (tertiary/aromatic N) is 1. The van der Waals surface area contributed by atoms with Gasteiger partial charge in [-0.2, -0.15) is 0 Å². The summed E-state index contributed by atoms with van der Waals surface area (Å²) in [6.07, 6.45) is 4.02. The lowest BCUT2D eigenvalue weighted by Gasteiger charge is -2.09. The minimum atomic E-state index is -0.259. The molecule has 3 aromatic rings. The highest BCUT2D eigenvalue weighted by Crippen LogP contribution is 2.19. The van der Waals surface area contributed by atoms with E-state index in [1.54, 1.807) is 30.6 Å². The number of H-pyrrole nitrogens is 1. The third kappa shape index (κ3) is 3.63. The molecule has 0 aliphatic carbocycles. The summed E-state index contributed by atoms with van der Waals surface area (Å²) < 4.78 is 12.9. The molecule has 4 nitrogen and oxygen atoms in total. The van der Waals surface area contributed by atoms with Gasteiger partial charge in [0.1, 0.15) is 11.6 Å². The van der Waals surface area contributed by atoms with Crippen molar-refractivity contribution in [3.05, 3.63) is 77.9 Å². The second-order valence-electron chi connectivity index (χ2n) is 5.12. The topological polar surface area (TPSA) is 57.8 Å². The van der Waals surface area contributed by atoms with E-state index in [0.29, 0.717) is 24.4 Å². The molecule has 1 heterocycles. The van der Waals surface area contributed by atoms with E-state index >= 15 is 0 Å². The summed E-state index contributed by atoms with van der Waals surface area (Å²) in [6, 6.07) is 13.6. The molecule has 23 heavy (non-hydrogen) atoms. The number of aromatic nitrogens is 2. The fraction of sp³-hybridized carbons (Fsp3) is 0.111. The van der Waals surface area contributed by atoms with Crippen LogP contribution < -0.4 is 5.32 Å². The number of carbonyl (C=O) groups excluding carboxylic acids is 1. The van der Waals surface area contributed by atoms with E-state index in [0.717, 1.165) is 11.1 Å². The van der Waals surface area contributed by atoms with Crippen molar-refractivity contribution in [3.8, 4) is 11.4 Å². The molecular formula is C18H16FN3O. The molecule has 0 unspecified atom stereocenters. The van der Waals surface area contributed by atoms with E-state index in [1.807, 2.05) is 18.2 Å². The Morgan fingerprint density at radius 3 is 2.65 bits per heavy atom. The highest BCUT2D eigenvalue weighted by molar-refractivity contribution is 6.00. The number of carbonyl (C=O) groups is 1. The van der Waals surface area contributed by atoms with Gasteiger partial charge in [0.05, 0.1) is 5.56 Å². The Morgan fingerprint density at radius 2 is 1.91 bits per heavy atom. The maximum Gasteiger partial charge on any atom is 0.252 e. The fourth-order valence-corrected chi connectivity index (χ4v) is 2.37. The predicted molar refractivity (Wildman–Crippen MR) is 86.5 cm³/mol. The molecule has 5 heteroatoms. The van der Waals surface area contributed by atoms with Crippen LogP contribution >= 0.6 is 0 Å². The monoisotopic (exact) mass is 309 g/mol. The third-order valence-corrected chi connectivity index (χ3v) is 3.54. The van der Waals surface area contributed by atoms with Crippen molar-refractivity contribution >= 4 is 5.91 Å². The van der Waals surface area contributed by atoms with Gasteiger partial charge in [-0.25, -0.2) is 9.37 Å². The summed E-state index contributed by atoms with van der Waals surface area (Å²) in [6.45, 7) is 0.483. The van der Waals surface area contributed by atoms with E-state index in [1.165, 1.54) is 12.1 Å². The molecule has 116 valence electrons. The summed E-state index contributed by atoms with van der Waals surface area (Å²) in [5, 5.41) is 2.89. The fourth-order valence-electron chi connectivity index (χ4n) is 2.37. The van der Waals surface area contributed by atoms with Gasteiger partial charge in [0.2, 0.25) is 0 Å². The largest absolute Gasteiger partial charge is 0.352 e. The number of amides is 1. The minimum Gasteiger partial charge on any atom is -0.352 e. The molecule has 0 saturated heterocycles. The average Bonchev–Trinajstić information content (AvgIpc) is 3.11. The Balaban J connectivity index is 1.66. The van der Waals surface area contributed by atoms with Crippen molar-refractivity contribution in [1.29, 1.82) is 0 Å². The van der Waals surface area contributed by atoms with Gasteiger partial charge in [-0.15, -0.1) is 0 Å². The molecule has 0 spiro atoms. The van der Waals surface area contributed by atoms with E-state index in [9.17, 15) is 9.18 Å². The lowest BCUT2D eigenvalue weighted by molar-refractivity contribution is 0.0954. The standard InChI is InChI=1S/C18H16FN3O/c19-14-7-5-13(6-8-14)9-10-22-18(23)16-4-2-1-3-15(16)17-20-11-12-21-17/h1-8,11-12H,9-10H2,(H,20,21)(H,22,23). The second-order valence-corrected chi connectivity index (χ2v) is 5.12. The average molecular weight is 309 g/mol. The SMILES string of the molecule is O=C(NCCc1ccc(F)cc1)c1ccccc1-c1ncc[nH]1. The summed E-state index contributed by atoms with van der Waals surface area (Å²) >= 11 is 0. The highest BCUT2D eigenvalue weighted by Gasteiger charge is 2.13. The van der Waals surface area contributed by atoms with Crippen LogP contribution in [0.25, 0.3) is 11.4 Å². The summed E-state index contributed by atoms with van der Waals surface area (Å²) in [4.78, 5) is 19.6. The number of halogens is 1. The zero-order valence-corrected chi connectivity index (χ0v) is 12.4. The summed E-state index contributed by atoms with van der Waals surface area (Å²) in [5.74, 6) is 0.249. The highest BCUT2D eigenvalue weighted by atomic mass is 19.1. The molecule has 2 N–H and O–H groups in total. The number of hydrogen-bond acceptors (Lipinski definition) is 2. The molecule has 0 fully saturated rings. The number of nitrogens with one attached hydrogen (secondary N) is 2. The van der Waals surface area contributed by atoms with Gasteiger partial charge in [0, 0.05) is 24.5 Å². The first-order valence-corrected chi connectivity index (χ1v) is 7.35. The van der Waals surface area contributed by atoms with Crippen LogP contribution in [-0.4, -0.2) is 22.4 Å². The number of aromatic amines is 1. The third-order valence-electron chi connectivity index (χ3n) is 3.54. The van der Waals surface area contributed by atoms with Gasteiger partial charge in [0.15, 0.2) is 0 Å². The molecule has 0 radical (unpaired) electrons. The zero-order chi connectivity index (χ0) is 16.1. The Hall–Kier alpha value is -2.95. The Kier molecular flexibility index (Phi) is 4.47. The smallest absolute Gasteiger partial charge is 0.252 e. The number of benzene rings is 2.